The highest BCUT2D eigenvalue weighted by molar-refractivity contribution is 5.81. The van der Waals surface area contributed by atoms with Crippen LogP contribution >= 0.6 is 0 Å². The second-order valence-corrected chi connectivity index (χ2v) is 6.25. The number of rotatable bonds is 4. The summed E-state index contributed by atoms with van der Waals surface area (Å²) in [6.07, 6.45) is -0.182. The summed E-state index contributed by atoms with van der Waals surface area (Å²) in [5, 5.41) is 15.0. The van der Waals surface area contributed by atoms with E-state index in [0.717, 1.165) is 4.57 Å². The van der Waals surface area contributed by atoms with Crippen molar-refractivity contribution in [3.63, 3.8) is 0 Å². The third-order valence-corrected chi connectivity index (χ3v) is 4.19. The summed E-state index contributed by atoms with van der Waals surface area (Å²) in [7, 11) is 0. The van der Waals surface area contributed by atoms with Gasteiger partial charge in [0.2, 0.25) is 5.91 Å². The maximum atomic E-state index is 12.3. The molecule has 0 radical (unpaired) electrons. The highest BCUT2D eigenvalue weighted by Gasteiger charge is 2.28. The summed E-state index contributed by atoms with van der Waals surface area (Å²) in [5.41, 5.74) is 0.941. The van der Waals surface area contributed by atoms with Gasteiger partial charge in [0, 0.05) is 6.20 Å². The molecule has 30 heavy (non-hydrogen) atoms. The molecule has 0 aliphatic rings. The van der Waals surface area contributed by atoms with Gasteiger partial charge in [0.15, 0.2) is 11.5 Å². The molecule has 0 saturated heterocycles. The van der Waals surface area contributed by atoms with E-state index in [9.17, 15) is 22.8 Å². The number of aromatic nitrogens is 6. The van der Waals surface area contributed by atoms with Crippen LogP contribution in [0.4, 0.5) is 13.2 Å². The molecule has 0 bridgehead atoms. The molecule has 0 aromatic carbocycles. The number of nitrogens with one attached hydrogen (secondary N) is 2. The van der Waals surface area contributed by atoms with Crippen molar-refractivity contribution in [3.8, 4) is 17.5 Å². The topological polar surface area (TPSA) is 134 Å². The number of fused-ring (bicyclic) bond motifs is 2. The number of imidazole rings is 1. The van der Waals surface area contributed by atoms with Crippen molar-refractivity contribution in [2.75, 3.05) is 6.54 Å². The average Bonchev–Trinajstić information content (AvgIpc) is 3.26. The molecule has 0 aliphatic heterocycles. The molecule has 4 aromatic heterocycles. The fraction of sp³-hybridized carbons (Fsp3) is 0.176. The zero-order chi connectivity index (χ0) is 21.5. The van der Waals surface area contributed by atoms with Gasteiger partial charge < -0.3 is 10.3 Å². The molecular weight excluding hydrogens is 405 g/mol. The second kappa shape index (κ2) is 6.99. The van der Waals surface area contributed by atoms with Crippen molar-refractivity contribution in [3.05, 3.63) is 46.8 Å². The number of amides is 1. The molecule has 4 aromatic rings. The Balaban J connectivity index is 1.73. The number of H-pyrrole nitrogens is 1. The van der Waals surface area contributed by atoms with Gasteiger partial charge in [-0.15, -0.1) is 0 Å². The molecule has 0 fully saturated rings. The predicted molar refractivity (Wildman–Crippen MR) is 96.1 cm³/mol. The van der Waals surface area contributed by atoms with Crippen LogP contribution in [-0.4, -0.2) is 47.8 Å². The minimum absolute atomic E-state index is 0.0444. The Morgan fingerprint density at radius 1 is 1.33 bits per heavy atom. The Morgan fingerprint density at radius 2 is 2.13 bits per heavy atom. The van der Waals surface area contributed by atoms with E-state index in [1.54, 1.807) is 23.6 Å². The van der Waals surface area contributed by atoms with Gasteiger partial charge in [-0.3, -0.25) is 9.36 Å². The average molecular weight is 416 g/mol. The molecule has 1 amide bonds. The molecule has 0 spiro atoms. The van der Waals surface area contributed by atoms with Crippen LogP contribution in [0.3, 0.4) is 0 Å². The third kappa shape index (κ3) is 3.58. The maximum absolute atomic E-state index is 12.3. The number of nitriles is 1. The van der Waals surface area contributed by atoms with Crippen molar-refractivity contribution in [2.24, 2.45) is 0 Å². The van der Waals surface area contributed by atoms with Crippen molar-refractivity contribution in [1.82, 2.24) is 34.4 Å². The van der Waals surface area contributed by atoms with E-state index in [1.807, 2.05) is 6.07 Å². The van der Waals surface area contributed by atoms with E-state index in [2.05, 4.69) is 20.1 Å². The lowest BCUT2D eigenvalue weighted by molar-refractivity contribution is -0.138. The zero-order valence-electron chi connectivity index (χ0n) is 14.9. The molecule has 0 saturated carbocycles. The molecule has 4 rings (SSSR count). The smallest absolute Gasteiger partial charge is 0.345 e. The number of hydrogen-bond donors (Lipinski definition) is 2. The van der Waals surface area contributed by atoms with Crippen LogP contribution in [-0.2, 0) is 11.3 Å². The molecule has 4 heterocycles. The number of carbonyl (C=O) groups is 1. The lowest BCUT2D eigenvalue weighted by atomic mass is 10.2. The van der Waals surface area contributed by atoms with Crippen LogP contribution in [0.2, 0.25) is 0 Å². The molecule has 2 N–H and O–H groups in total. The van der Waals surface area contributed by atoms with E-state index in [0.29, 0.717) is 16.6 Å². The van der Waals surface area contributed by atoms with Crippen LogP contribution < -0.4 is 11.0 Å². The molecule has 0 atom stereocenters. The Labute approximate surface area is 164 Å². The van der Waals surface area contributed by atoms with Gasteiger partial charge in [-0.05, 0) is 12.1 Å². The van der Waals surface area contributed by atoms with Gasteiger partial charge in [0.25, 0.3) is 0 Å². The number of aromatic amines is 1. The normalized spacial score (nSPS) is 11.7. The summed E-state index contributed by atoms with van der Waals surface area (Å²) in [6, 6.07) is 5.19. The number of hydrogen-bond acceptors (Lipinski definition) is 6. The third-order valence-electron chi connectivity index (χ3n) is 4.19. The van der Waals surface area contributed by atoms with Gasteiger partial charge in [0.05, 0.1) is 35.1 Å². The van der Waals surface area contributed by atoms with Crippen LogP contribution in [0.1, 0.15) is 5.56 Å². The fourth-order valence-corrected chi connectivity index (χ4v) is 2.84. The van der Waals surface area contributed by atoms with E-state index in [4.69, 9.17) is 5.26 Å². The minimum Gasteiger partial charge on any atom is -0.345 e. The van der Waals surface area contributed by atoms with Crippen LogP contribution in [0, 0.1) is 11.3 Å². The van der Waals surface area contributed by atoms with Crippen molar-refractivity contribution < 1.29 is 18.0 Å². The van der Waals surface area contributed by atoms with Crippen molar-refractivity contribution >= 4 is 22.6 Å². The van der Waals surface area contributed by atoms with Crippen molar-refractivity contribution in [2.45, 2.75) is 12.7 Å². The number of alkyl halides is 3. The van der Waals surface area contributed by atoms with Crippen LogP contribution in [0.15, 0.2) is 35.5 Å². The molecule has 10 nitrogen and oxygen atoms in total. The largest absolute Gasteiger partial charge is 0.405 e. The Kier molecular flexibility index (Phi) is 4.46. The van der Waals surface area contributed by atoms with Crippen LogP contribution in [0.5, 0.6) is 0 Å². The van der Waals surface area contributed by atoms with Gasteiger partial charge >= 0.3 is 11.9 Å². The first-order valence-corrected chi connectivity index (χ1v) is 8.42. The first-order chi connectivity index (χ1) is 14.2. The fourth-order valence-electron chi connectivity index (χ4n) is 2.84. The first kappa shape index (κ1) is 19.1. The lowest BCUT2D eigenvalue weighted by Crippen LogP contribution is -2.37. The van der Waals surface area contributed by atoms with Gasteiger partial charge in [0.1, 0.15) is 18.6 Å². The van der Waals surface area contributed by atoms with E-state index in [-0.39, 0.29) is 17.0 Å². The predicted octanol–water partition coefficient (Wildman–Crippen LogP) is 0.984. The molecule has 13 heteroatoms. The number of pyridine rings is 1. The maximum Gasteiger partial charge on any atom is 0.405 e. The first-order valence-electron chi connectivity index (χ1n) is 8.42. The zero-order valence-corrected chi connectivity index (χ0v) is 14.9. The molecular formula is C17H11F3N8O2. The SMILES string of the molecule is N#Cc1ccn2ncc(-c3ncc4[nH]c(=O)n(CC(=O)NCC(F)(F)F)c4n3)c2c1. The number of carbonyl (C=O) groups excluding carboxylic acids is 1. The molecule has 0 aliphatic carbocycles. The van der Waals surface area contributed by atoms with E-state index < -0.39 is 30.9 Å². The monoisotopic (exact) mass is 416 g/mol. The Hall–Kier alpha value is -4.21. The quantitative estimate of drug-likeness (QED) is 0.510. The highest BCUT2D eigenvalue weighted by Crippen LogP contribution is 2.23. The molecule has 152 valence electrons. The lowest BCUT2D eigenvalue weighted by Gasteiger charge is -2.08. The second-order valence-electron chi connectivity index (χ2n) is 6.25. The Morgan fingerprint density at radius 3 is 2.87 bits per heavy atom. The highest BCUT2D eigenvalue weighted by atomic mass is 19.4. The van der Waals surface area contributed by atoms with E-state index in [1.165, 1.54) is 16.9 Å². The van der Waals surface area contributed by atoms with Gasteiger partial charge in [-0.1, -0.05) is 0 Å². The summed E-state index contributed by atoms with van der Waals surface area (Å²) >= 11 is 0. The summed E-state index contributed by atoms with van der Waals surface area (Å²) < 4.78 is 39.3. The summed E-state index contributed by atoms with van der Waals surface area (Å²) in [6.45, 7) is -2.16. The standard InChI is InChI=1S/C17H11F3N8O2/c18-17(19,20)8-23-13(29)7-27-15-11(25-16(27)30)6-22-14(26-15)10-5-24-28-2-1-9(4-21)3-12(10)28/h1-3,5-6H,7-8H2,(H,23,29)(H,25,30). The van der Waals surface area contributed by atoms with Gasteiger partial charge in [-0.25, -0.2) is 19.3 Å². The number of halogens is 3. The number of nitrogens with zero attached hydrogens (tertiary/aromatic N) is 6. The summed E-state index contributed by atoms with van der Waals surface area (Å²) in [5.74, 6) is -0.832. The summed E-state index contributed by atoms with van der Waals surface area (Å²) in [4.78, 5) is 34.9. The van der Waals surface area contributed by atoms with Gasteiger partial charge in [-0.2, -0.15) is 23.5 Å². The molecule has 0 unspecified atom stereocenters. The Bertz CT molecular complexity index is 1380. The van der Waals surface area contributed by atoms with E-state index >= 15 is 0 Å². The minimum atomic E-state index is -4.57. The van der Waals surface area contributed by atoms with Crippen molar-refractivity contribution in [1.29, 1.82) is 5.26 Å². The van der Waals surface area contributed by atoms with Crippen LogP contribution in [0.25, 0.3) is 28.1 Å².